The largest absolute Gasteiger partial charge is 0.493 e. The molecule has 0 saturated heterocycles. The van der Waals surface area contributed by atoms with Gasteiger partial charge < -0.3 is 10.1 Å². The molecule has 0 heterocycles. The zero-order chi connectivity index (χ0) is 18.9. The lowest BCUT2D eigenvalue weighted by molar-refractivity contribution is 0.0940. The number of ether oxygens (including phenoxy) is 1. The molecule has 1 N–H and O–H groups in total. The lowest BCUT2D eigenvalue weighted by Gasteiger charge is -2.14. The molecule has 3 rings (SSSR count). The van der Waals surface area contributed by atoms with Crippen LogP contribution in [0.1, 0.15) is 28.9 Å². The van der Waals surface area contributed by atoms with Crippen LogP contribution in [0.15, 0.2) is 89.8 Å². The first-order valence-corrected chi connectivity index (χ1v) is 9.97. The Morgan fingerprint density at radius 3 is 2.22 bits per heavy atom. The van der Waals surface area contributed by atoms with Gasteiger partial charge >= 0.3 is 0 Å². The Hall–Kier alpha value is -2.72. The number of hydrogen-bond donors (Lipinski definition) is 1. The van der Waals surface area contributed by atoms with E-state index in [1.54, 1.807) is 23.9 Å². The summed E-state index contributed by atoms with van der Waals surface area (Å²) < 4.78 is 5.76. The molecule has 0 saturated carbocycles. The molecule has 1 amide bonds. The van der Waals surface area contributed by atoms with E-state index in [-0.39, 0.29) is 11.9 Å². The van der Waals surface area contributed by atoms with Gasteiger partial charge in [0.1, 0.15) is 5.75 Å². The van der Waals surface area contributed by atoms with Gasteiger partial charge in [-0.05, 0) is 48.9 Å². The molecule has 0 aliphatic heterocycles. The zero-order valence-corrected chi connectivity index (χ0v) is 16.1. The Bertz CT molecular complexity index is 835. The first-order valence-electron chi connectivity index (χ1n) is 8.99. The first-order chi connectivity index (χ1) is 13.2. The third-order valence-corrected chi connectivity index (χ3v) is 5.10. The van der Waals surface area contributed by atoms with Gasteiger partial charge in [0.2, 0.25) is 0 Å². The van der Waals surface area contributed by atoms with Crippen molar-refractivity contribution < 1.29 is 9.53 Å². The number of carbonyl (C=O) groups excluding carboxylic acids is 1. The summed E-state index contributed by atoms with van der Waals surface area (Å²) in [4.78, 5) is 13.6. The summed E-state index contributed by atoms with van der Waals surface area (Å²) in [6.45, 7) is 2.60. The maximum absolute atomic E-state index is 12.4. The average molecular weight is 378 g/mol. The van der Waals surface area contributed by atoms with Crippen molar-refractivity contribution in [3.63, 3.8) is 0 Å². The van der Waals surface area contributed by atoms with E-state index in [9.17, 15) is 4.79 Å². The standard InChI is InChI=1S/C23H23NO2S/c1-18(19-8-4-2-5-9-19)24-23(25)20-12-14-21(15-13-20)26-16-17-27-22-10-6-3-7-11-22/h2-15,18H,16-17H2,1H3,(H,24,25)/t18-/m1/s1. The molecule has 0 bridgehead atoms. The number of rotatable bonds is 8. The third-order valence-electron chi connectivity index (χ3n) is 4.13. The van der Waals surface area contributed by atoms with Crippen molar-refractivity contribution in [2.45, 2.75) is 17.9 Å². The van der Waals surface area contributed by atoms with Crippen molar-refractivity contribution in [2.75, 3.05) is 12.4 Å². The van der Waals surface area contributed by atoms with E-state index in [0.717, 1.165) is 17.1 Å². The first kappa shape index (κ1) is 19.1. The predicted molar refractivity (Wildman–Crippen MR) is 111 cm³/mol. The summed E-state index contributed by atoms with van der Waals surface area (Å²) in [6, 6.07) is 27.4. The minimum atomic E-state index is -0.0856. The van der Waals surface area contributed by atoms with E-state index < -0.39 is 0 Å². The summed E-state index contributed by atoms with van der Waals surface area (Å²) in [5.41, 5.74) is 1.71. The van der Waals surface area contributed by atoms with E-state index in [2.05, 4.69) is 17.4 Å². The van der Waals surface area contributed by atoms with Gasteiger partial charge in [-0.25, -0.2) is 0 Å². The molecule has 0 aromatic heterocycles. The summed E-state index contributed by atoms with van der Waals surface area (Å²) in [6.07, 6.45) is 0. The Labute approximate surface area is 164 Å². The molecule has 0 unspecified atom stereocenters. The number of nitrogens with one attached hydrogen (secondary N) is 1. The van der Waals surface area contributed by atoms with Crippen LogP contribution >= 0.6 is 11.8 Å². The molecular formula is C23H23NO2S. The second-order valence-corrected chi connectivity index (χ2v) is 7.31. The van der Waals surface area contributed by atoms with Crippen molar-refractivity contribution in [1.82, 2.24) is 5.32 Å². The Morgan fingerprint density at radius 2 is 1.56 bits per heavy atom. The number of benzene rings is 3. The molecule has 4 heteroatoms. The van der Waals surface area contributed by atoms with E-state index in [1.807, 2.05) is 67.6 Å². The van der Waals surface area contributed by atoms with E-state index in [4.69, 9.17) is 4.74 Å². The normalized spacial score (nSPS) is 11.6. The highest BCUT2D eigenvalue weighted by atomic mass is 32.2. The van der Waals surface area contributed by atoms with Crippen LogP contribution in [0.2, 0.25) is 0 Å². The second-order valence-electron chi connectivity index (χ2n) is 6.14. The average Bonchev–Trinajstić information content (AvgIpc) is 2.73. The van der Waals surface area contributed by atoms with Gasteiger partial charge in [0.05, 0.1) is 12.6 Å². The van der Waals surface area contributed by atoms with Crippen LogP contribution in [0.5, 0.6) is 5.75 Å². The summed E-state index contributed by atoms with van der Waals surface area (Å²) in [7, 11) is 0. The fourth-order valence-electron chi connectivity index (χ4n) is 2.64. The van der Waals surface area contributed by atoms with Crippen LogP contribution in [-0.4, -0.2) is 18.3 Å². The fraction of sp³-hybridized carbons (Fsp3) is 0.174. The summed E-state index contributed by atoms with van der Waals surface area (Å²) in [5.74, 6) is 1.56. The lowest BCUT2D eigenvalue weighted by atomic mass is 10.1. The highest BCUT2D eigenvalue weighted by Crippen LogP contribution is 2.18. The maximum Gasteiger partial charge on any atom is 0.251 e. The number of carbonyl (C=O) groups is 1. The Balaban J connectivity index is 1.46. The number of thioether (sulfide) groups is 1. The van der Waals surface area contributed by atoms with Gasteiger partial charge in [0.25, 0.3) is 5.91 Å². The van der Waals surface area contributed by atoms with Crippen LogP contribution in [-0.2, 0) is 0 Å². The summed E-state index contributed by atoms with van der Waals surface area (Å²) >= 11 is 1.76. The molecular weight excluding hydrogens is 354 g/mol. The van der Waals surface area contributed by atoms with Crippen molar-refractivity contribution in [3.8, 4) is 5.75 Å². The SMILES string of the molecule is C[C@@H](NC(=O)c1ccc(OCCSc2ccccc2)cc1)c1ccccc1. The smallest absolute Gasteiger partial charge is 0.251 e. The zero-order valence-electron chi connectivity index (χ0n) is 15.3. The highest BCUT2D eigenvalue weighted by Gasteiger charge is 2.11. The van der Waals surface area contributed by atoms with Gasteiger partial charge in [0.15, 0.2) is 0 Å². The molecule has 3 aromatic carbocycles. The number of amides is 1. The maximum atomic E-state index is 12.4. The summed E-state index contributed by atoms with van der Waals surface area (Å²) in [5, 5.41) is 3.02. The molecule has 1 atom stereocenters. The van der Waals surface area contributed by atoms with Crippen molar-refractivity contribution >= 4 is 17.7 Å². The van der Waals surface area contributed by atoms with E-state index >= 15 is 0 Å². The van der Waals surface area contributed by atoms with Gasteiger partial charge in [0, 0.05) is 16.2 Å². The Kier molecular flexibility index (Phi) is 6.94. The fourth-order valence-corrected chi connectivity index (χ4v) is 3.40. The highest BCUT2D eigenvalue weighted by molar-refractivity contribution is 7.99. The molecule has 0 aliphatic carbocycles. The lowest BCUT2D eigenvalue weighted by Crippen LogP contribution is -2.26. The van der Waals surface area contributed by atoms with Crippen LogP contribution in [0.25, 0.3) is 0 Å². The van der Waals surface area contributed by atoms with E-state index in [0.29, 0.717) is 12.2 Å². The molecule has 0 spiro atoms. The minimum absolute atomic E-state index is 0.0374. The van der Waals surface area contributed by atoms with Crippen LogP contribution in [0, 0.1) is 0 Å². The van der Waals surface area contributed by atoms with Crippen LogP contribution in [0.3, 0.4) is 0 Å². The van der Waals surface area contributed by atoms with Gasteiger partial charge in [-0.15, -0.1) is 11.8 Å². The minimum Gasteiger partial charge on any atom is -0.493 e. The molecule has 27 heavy (non-hydrogen) atoms. The van der Waals surface area contributed by atoms with Crippen molar-refractivity contribution in [3.05, 3.63) is 96.1 Å². The number of hydrogen-bond acceptors (Lipinski definition) is 3. The molecule has 3 nitrogen and oxygen atoms in total. The van der Waals surface area contributed by atoms with Gasteiger partial charge in [-0.1, -0.05) is 48.5 Å². The molecule has 0 radical (unpaired) electrons. The molecule has 3 aromatic rings. The molecule has 138 valence electrons. The third kappa shape index (κ3) is 5.90. The van der Waals surface area contributed by atoms with Gasteiger partial charge in [-0.2, -0.15) is 0 Å². The monoisotopic (exact) mass is 377 g/mol. The van der Waals surface area contributed by atoms with Crippen molar-refractivity contribution in [1.29, 1.82) is 0 Å². The topological polar surface area (TPSA) is 38.3 Å². The van der Waals surface area contributed by atoms with Crippen molar-refractivity contribution in [2.24, 2.45) is 0 Å². The Morgan fingerprint density at radius 1 is 0.926 bits per heavy atom. The predicted octanol–water partition coefficient (Wildman–Crippen LogP) is 5.35. The molecule has 0 aliphatic rings. The quantitative estimate of drug-likeness (QED) is 0.425. The van der Waals surface area contributed by atoms with Crippen LogP contribution < -0.4 is 10.1 Å². The second kappa shape index (κ2) is 9.83. The van der Waals surface area contributed by atoms with Crippen LogP contribution in [0.4, 0.5) is 0 Å². The van der Waals surface area contributed by atoms with E-state index in [1.165, 1.54) is 4.90 Å². The van der Waals surface area contributed by atoms with Gasteiger partial charge in [-0.3, -0.25) is 4.79 Å². The molecule has 0 fully saturated rings.